The van der Waals surface area contributed by atoms with Gasteiger partial charge in [-0.1, -0.05) is 23.7 Å². The molecule has 2 nitrogen and oxygen atoms in total. The van der Waals surface area contributed by atoms with Crippen molar-refractivity contribution in [3.8, 4) is 0 Å². The molecule has 17 heavy (non-hydrogen) atoms. The minimum atomic E-state index is -0.0119. The summed E-state index contributed by atoms with van der Waals surface area (Å²) in [6.45, 7) is 7.23. The number of likely N-dealkylation sites (N-methyl/N-ethyl adjacent to an activating group) is 1. The fourth-order valence-electron chi connectivity index (χ4n) is 2.01. The second-order valence-electron chi connectivity index (χ2n) is 5.21. The molecule has 3 heteroatoms. The summed E-state index contributed by atoms with van der Waals surface area (Å²) in [4.78, 5) is 2.33. The lowest BCUT2D eigenvalue weighted by molar-refractivity contribution is 0.109. The van der Waals surface area contributed by atoms with Gasteiger partial charge in [-0.3, -0.25) is 4.90 Å². The summed E-state index contributed by atoms with van der Waals surface area (Å²) >= 11 is 5.89. The van der Waals surface area contributed by atoms with Crippen LogP contribution in [0.4, 0.5) is 0 Å². The van der Waals surface area contributed by atoms with Crippen LogP contribution in [0.1, 0.15) is 26.3 Å². The van der Waals surface area contributed by atoms with E-state index in [-0.39, 0.29) is 5.54 Å². The number of nitrogens with two attached hydrogens (primary N) is 1. The van der Waals surface area contributed by atoms with E-state index in [1.54, 1.807) is 0 Å². The van der Waals surface area contributed by atoms with Gasteiger partial charge in [0.05, 0.1) is 0 Å². The lowest BCUT2D eigenvalue weighted by Gasteiger charge is -2.41. The molecule has 0 heterocycles. The van der Waals surface area contributed by atoms with Gasteiger partial charge in [-0.25, -0.2) is 0 Å². The first kappa shape index (κ1) is 14.5. The fraction of sp³-hybridized carbons (Fsp3) is 0.571. The Hall–Kier alpha value is -0.570. The Kier molecular flexibility index (Phi) is 4.99. The molecule has 0 aliphatic carbocycles. The van der Waals surface area contributed by atoms with Crippen molar-refractivity contribution in [2.75, 3.05) is 13.6 Å². The molecule has 96 valence electrons. The Bertz CT molecular complexity index is 348. The van der Waals surface area contributed by atoms with Crippen molar-refractivity contribution < 1.29 is 0 Å². The van der Waals surface area contributed by atoms with E-state index < -0.39 is 0 Å². The largest absolute Gasteiger partial charge is 0.329 e. The third kappa shape index (κ3) is 3.70. The number of hydrogen-bond donors (Lipinski definition) is 1. The molecule has 0 saturated carbocycles. The third-order valence-corrected chi connectivity index (χ3v) is 3.82. The van der Waals surface area contributed by atoms with Crippen LogP contribution in [0.25, 0.3) is 0 Å². The van der Waals surface area contributed by atoms with E-state index >= 15 is 0 Å². The number of nitrogens with zero attached hydrogens (tertiary/aromatic N) is 1. The van der Waals surface area contributed by atoms with E-state index in [2.05, 4.69) is 44.9 Å². The minimum absolute atomic E-state index is 0.0119. The van der Waals surface area contributed by atoms with Gasteiger partial charge in [0.2, 0.25) is 0 Å². The van der Waals surface area contributed by atoms with Gasteiger partial charge < -0.3 is 5.73 Å². The fourth-order valence-corrected chi connectivity index (χ4v) is 2.13. The third-order valence-electron chi connectivity index (χ3n) is 3.56. The van der Waals surface area contributed by atoms with Gasteiger partial charge in [-0.2, -0.15) is 0 Å². The van der Waals surface area contributed by atoms with Crippen LogP contribution < -0.4 is 5.73 Å². The Balaban J connectivity index is 2.85. The van der Waals surface area contributed by atoms with Crippen molar-refractivity contribution in [1.82, 2.24) is 4.90 Å². The van der Waals surface area contributed by atoms with Crippen molar-refractivity contribution in [2.45, 2.75) is 38.8 Å². The Morgan fingerprint density at radius 3 is 2.24 bits per heavy atom. The molecule has 0 aliphatic heterocycles. The second-order valence-corrected chi connectivity index (χ2v) is 5.65. The molecule has 0 aliphatic rings. The van der Waals surface area contributed by atoms with Gasteiger partial charge in [-0.05, 0) is 51.9 Å². The van der Waals surface area contributed by atoms with Crippen LogP contribution in [-0.2, 0) is 6.42 Å². The molecule has 0 amide bonds. The number of benzene rings is 1. The highest BCUT2D eigenvalue weighted by Gasteiger charge is 2.29. The molecule has 1 rings (SSSR count). The molecule has 1 atom stereocenters. The summed E-state index contributed by atoms with van der Waals surface area (Å²) in [5, 5.41) is 0.778. The van der Waals surface area contributed by atoms with Gasteiger partial charge in [0.1, 0.15) is 0 Å². The highest BCUT2D eigenvalue weighted by atomic mass is 35.5. The summed E-state index contributed by atoms with van der Waals surface area (Å²) in [7, 11) is 2.13. The predicted octanol–water partition coefficient (Wildman–Crippen LogP) is 2.94. The van der Waals surface area contributed by atoms with Gasteiger partial charge >= 0.3 is 0 Å². The van der Waals surface area contributed by atoms with Crippen LogP contribution in [0.15, 0.2) is 24.3 Å². The van der Waals surface area contributed by atoms with E-state index in [1.165, 1.54) is 5.56 Å². The number of rotatable bonds is 5. The molecule has 1 aromatic rings. The predicted molar refractivity (Wildman–Crippen MR) is 75.5 cm³/mol. The maximum atomic E-state index is 5.96. The molecule has 0 radical (unpaired) electrons. The van der Waals surface area contributed by atoms with Gasteiger partial charge in [-0.15, -0.1) is 0 Å². The van der Waals surface area contributed by atoms with Crippen LogP contribution in [-0.4, -0.2) is 30.1 Å². The lowest BCUT2D eigenvalue weighted by atomic mass is 9.90. The summed E-state index contributed by atoms with van der Waals surface area (Å²) in [5.41, 5.74) is 7.22. The maximum absolute atomic E-state index is 5.96. The molecule has 2 N–H and O–H groups in total. The first-order chi connectivity index (χ1) is 7.89. The SMILES string of the molecule is CC(C)N(C)C(C)(CN)Cc1ccc(Cl)cc1. The first-order valence-electron chi connectivity index (χ1n) is 6.06. The molecule has 0 aromatic heterocycles. The van der Waals surface area contributed by atoms with E-state index in [0.717, 1.165) is 11.4 Å². The summed E-state index contributed by atoms with van der Waals surface area (Å²) in [6, 6.07) is 8.50. The van der Waals surface area contributed by atoms with E-state index in [4.69, 9.17) is 17.3 Å². The minimum Gasteiger partial charge on any atom is -0.329 e. The summed E-state index contributed by atoms with van der Waals surface area (Å²) in [6.07, 6.45) is 0.940. The van der Waals surface area contributed by atoms with Gasteiger partial charge in [0.15, 0.2) is 0 Å². The lowest BCUT2D eigenvalue weighted by Crippen LogP contribution is -2.53. The maximum Gasteiger partial charge on any atom is 0.0406 e. The number of halogens is 1. The summed E-state index contributed by atoms with van der Waals surface area (Å²) < 4.78 is 0. The molecule has 1 unspecified atom stereocenters. The molecule has 0 fully saturated rings. The zero-order chi connectivity index (χ0) is 13.1. The average Bonchev–Trinajstić information content (AvgIpc) is 2.31. The van der Waals surface area contributed by atoms with Crippen molar-refractivity contribution in [3.63, 3.8) is 0 Å². The van der Waals surface area contributed by atoms with Crippen molar-refractivity contribution >= 4 is 11.6 Å². The van der Waals surface area contributed by atoms with E-state index in [0.29, 0.717) is 12.6 Å². The highest BCUT2D eigenvalue weighted by molar-refractivity contribution is 6.30. The molecule has 1 aromatic carbocycles. The van der Waals surface area contributed by atoms with Crippen LogP contribution in [0.5, 0.6) is 0 Å². The van der Waals surface area contributed by atoms with Crippen LogP contribution >= 0.6 is 11.6 Å². The van der Waals surface area contributed by atoms with Crippen molar-refractivity contribution in [1.29, 1.82) is 0 Å². The standard InChI is InChI=1S/C14H23ClN2/c1-11(2)17(4)14(3,10-16)9-12-5-7-13(15)8-6-12/h5-8,11H,9-10,16H2,1-4H3. The smallest absolute Gasteiger partial charge is 0.0406 e. The Labute approximate surface area is 110 Å². The molecule has 0 spiro atoms. The summed E-state index contributed by atoms with van der Waals surface area (Å²) in [5.74, 6) is 0. The van der Waals surface area contributed by atoms with Gasteiger partial charge in [0, 0.05) is 23.1 Å². The van der Waals surface area contributed by atoms with Crippen LogP contribution in [0.2, 0.25) is 5.02 Å². The molecule has 0 bridgehead atoms. The Morgan fingerprint density at radius 1 is 1.29 bits per heavy atom. The van der Waals surface area contributed by atoms with E-state index in [9.17, 15) is 0 Å². The van der Waals surface area contributed by atoms with Crippen LogP contribution in [0.3, 0.4) is 0 Å². The second kappa shape index (κ2) is 5.85. The topological polar surface area (TPSA) is 29.3 Å². The van der Waals surface area contributed by atoms with Crippen molar-refractivity contribution in [3.05, 3.63) is 34.9 Å². The zero-order valence-corrected chi connectivity index (χ0v) is 12.0. The zero-order valence-electron chi connectivity index (χ0n) is 11.2. The van der Waals surface area contributed by atoms with Gasteiger partial charge in [0.25, 0.3) is 0 Å². The Morgan fingerprint density at radius 2 is 1.82 bits per heavy atom. The van der Waals surface area contributed by atoms with Crippen molar-refractivity contribution in [2.24, 2.45) is 5.73 Å². The monoisotopic (exact) mass is 254 g/mol. The number of hydrogen-bond acceptors (Lipinski definition) is 2. The average molecular weight is 255 g/mol. The molecule has 0 saturated heterocycles. The normalized spacial score (nSPS) is 15.3. The van der Waals surface area contributed by atoms with E-state index in [1.807, 2.05) is 12.1 Å². The first-order valence-corrected chi connectivity index (χ1v) is 6.44. The van der Waals surface area contributed by atoms with Crippen LogP contribution in [0, 0.1) is 0 Å². The molecular formula is C14H23ClN2. The quantitative estimate of drug-likeness (QED) is 0.876. The molecular weight excluding hydrogens is 232 g/mol. The highest BCUT2D eigenvalue weighted by Crippen LogP contribution is 2.21.